The van der Waals surface area contributed by atoms with Crippen LogP contribution in [0.2, 0.25) is 5.02 Å². The Kier molecular flexibility index (Phi) is 4.71. The van der Waals surface area contributed by atoms with Gasteiger partial charge in [0.2, 0.25) is 5.66 Å². The number of carbonyl (C=O) groups excluding carboxylic acids is 2. The molecule has 0 radical (unpaired) electrons. The Labute approximate surface area is 186 Å². The van der Waals surface area contributed by atoms with Gasteiger partial charge in [-0.05, 0) is 48.9 Å². The number of nitrogens with one attached hydrogen (secondary N) is 1. The molecule has 5 rings (SSSR count). The first-order chi connectivity index (χ1) is 15.1. The maximum Gasteiger partial charge on any atom is 0.279 e. The largest absolute Gasteiger partial charge is 0.350 e. The molecule has 3 aromatic carbocycles. The average molecular weight is 432 g/mol. The van der Waals surface area contributed by atoms with E-state index < -0.39 is 5.66 Å². The molecule has 2 aliphatic rings. The molecular formula is C25H22ClN3O2. The minimum atomic E-state index is -1.36. The van der Waals surface area contributed by atoms with Crippen molar-refractivity contribution in [3.05, 3.63) is 88.9 Å². The van der Waals surface area contributed by atoms with Crippen molar-refractivity contribution in [1.82, 2.24) is 0 Å². The fraction of sp³-hybridized carbons (Fsp3) is 0.200. The van der Waals surface area contributed by atoms with Gasteiger partial charge in [0.25, 0.3) is 11.8 Å². The predicted molar refractivity (Wildman–Crippen MR) is 124 cm³/mol. The number of benzene rings is 3. The van der Waals surface area contributed by atoms with Crippen molar-refractivity contribution in [1.29, 1.82) is 0 Å². The molecule has 0 saturated carbocycles. The van der Waals surface area contributed by atoms with Crippen molar-refractivity contribution in [3.8, 4) is 0 Å². The van der Waals surface area contributed by atoms with Gasteiger partial charge < -0.3 is 10.2 Å². The van der Waals surface area contributed by atoms with Gasteiger partial charge >= 0.3 is 0 Å². The van der Waals surface area contributed by atoms with E-state index in [9.17, 15) is 9.59 Å². The number of hydrogen-bond donors (Lipinski definition) is 1. The summed E-state index contributed by atoms with van der Waals surface area (Å²) in [4.78, 5) is 31.3. The summed E-state index contributed by atoms with van der Waals surface area (Å²) in [5, 5.41) is 4.03. The van der Waals surface area contributed by atoms with E-state index >= 15 is 0 Å². The summed E-state index contributed by atoms with van der Waals surface area (Å²) in [6.07, 6.45) is 1.84. The number of nitrogens with zero attached hydrogens (tertiary/aromatic N) is 2. The molecule has 156 valence electrons. The third kappa shape index (κ3) is 2.84. The highest BCUT2D eigenvalue weighted by atomic mass is 35.5. The summed E-state index contributed by atoms with van der Waals surface area (Å²) >= 11 is 6.12. The van der Waals surface area contributed by atoms with Crippen molar-refractivity contribution in [2.45, 2.75) is 25.4 Å². The topological polar surface area (TPSA) is 52.7 Å². The summed E-state index contributed by atoms with van der Waals surface area (Å²) in [7, 11) is 0. The van der Waals surface area contributed by atoms with Crippen LogP contribution in [0.25, 0.3) is 0 Å². The van der Waals surface area contributed by atoms with E-state index in [1.807, 2.05) is 42.5 Å². The molecule has 0 aromatic heterocycles. The zero-order chi connectivity index (χ0) is 21.6. The lowest BCUT2D eigenvalue weighted by atomic mass is 9.92. The third-order valence-corrected chi connectivity index (χ3v) is 6.22. The molecule has 5 nitrogen and oxygen atoms in total. The molecule has 2 amide bonds. The Morgan fingerprint density at radius 3 is 2.42 bits per heavy atom. The van der Waals surface area contributed by atoms with Gasteiger partial charge in [-0.15, -0.1) is 0 Å². The predicted octanol–water partition coefficient (Wildman–Crippen LogP) is 5.41. The van der Waals surface area contributed by atoms with Crippen LogP contribution >= 0.6 is 11.6 Å². The molecule has 0 aliphatic carbocycles. The average Bonchev–Trinajstić information content (AvgIpc) is 3.02. The highest BCUT2D eigenvalue weighted by Gasteiger charge is 2.59. The van der Waals surface area contributed by atoms with Gasteiger partial charge in [-0.3, -0.25) is 14.5 Å². The Morgan fingerprint density at radius 2 is 1.65 bits per heavy atom. The Hall–Kier alpha value is -3.31. The van der Waals surface area contributed by atoms with Crippen LogP contribution in [-0.2, 0) is 10.5 Å². The monoisotopic (exact) mass is 431 g/mol. The summed E-state index contributed by atoms with van der Waals surface area (Å²) < 4.78 is 0. The number of unbranched alkanes of at least 4 members (excludes halogenated alkanes) is 1. The first-order valence-corrected chi connectivity index (χ1v) is 10.8. The van der Waals surface area contributed by atoms with Gasteiger partial charge in [-0.25, -0.2) is 0 Å². The molecule has 0 fully saturated rings. The summed E-state index contributed by atoms with van der Waals surface area (Å²) in [5.74, 6) is -0.378. The van der Waals surface area contributed by atoms with Crippen molar-refractivity contribution in [2.24, 2.45) is 0 Å². The smallest absolute Gasteiger partial charge is 0.279 e. The number of halogens is 1. The van der Waals surface area contributed by atoms with E-state index in [0.29, 0.717) is 28.5 Å². The van der Waals surface area contributed by atoms with E-state index in [1.54, 1.807) is 40.1 Å². The molecule has 2 aliphatic heterocycles. The summed E-state index contributed by atoms with van der Waals surface area (Å²) in [6, 6.07) is 22.1. The molecule has 0 bridgehead atoms. The highest BCUT2D eigenvalue weighted by molar-refractivity contribution is 6.30. The number of fused-ring (bicyclic) bond motifs is 3. The maximum atomic E-state index is 14.1. The summed E-state index contributed by atoms with van der Waals surface area (Å²) in [5.41, 5.74) is 2.04. The van der Waals surface area contributed by atoms with Crippen LogP contribution in [-0.4, -0.2) is 18.4 Å². The molecule has 1 spiro atoms. The third-order valence-electron chi connectivity index (χ3n) is 5.97. The number of rotatable bonds is 4. The quantitative estimate of drug-likeness (QED) is 0.600. The first kappa shape index (κ1) is 19.6. The van der Waals surface area contributed by atoms with E-state index in [2.05, 4.69) is 12.2 Å². The maximum absolute atomic E-state index is 14.1. The van der Waals surface area contributed by atoms with Crippen LogP contribution in [0.15, 0.2) is 72.8 Å². The second-order valence-electron chi connectivity index (χ2n) is 7.83. The van der Waals surface area contributed by atoms with Crippen molar-refractivity contribution in [2.75, 3.05) is 21.7 Å². The van der Waals surface area contributed by atoms with E-state index in [-0.39, 0.29) is 11.8 Å². The second-order valence-corrected chi connectivity index (χ2v) is 8.26. The standard InChI is InChI=1S/C25H22ClN3O2/c1-2-3-16-28-22-11-7-5-9-20(22)25(24(28)31)27-21-10-6-4-8-19(21)23(30)29(25)18-14-12-17(26)13-15-18/h4-15,27H,2-3,16H2,1H3/t25-/m1/s1. The molecule has 2 heterocycles. The Morgan fingerprint density at radius 1 is 0.935 bits per heavy atom. The van der Waals surface area contributed by atoms with Crippen LogP contribution in [0.3, 0.4) is 0 Å². The molecule has 1 atom stereocenters. The van der Waals surface area contributed by atoms with Crippen LogP contribution in [0.5, 0.6) is 0 Å². The minimum absolute atomic E-state index is 0.153. The van der Waals surface area contributed by atoms with Gasteiger partial charge in [-0.1, -0.05) is 55.3 Å². The highest BCUT2D eigenvalue weighted by Crippen LogP contribution is 2.49. The van der Waals surface area contributed by atoms with Crippen LogP contribution in [0, 0.1) is 0 Å². The second kappa shape index (κ2) is 7.43. The van der Waals surface area contributed by atoms with Crippen LogP contribution < -0.4 is 15.1 Å². The van der Waals surface area contributed by atoms with E-state index in [4.69, 9.17) is 11.6 Å². The molecule has 0 unspecified atom stereocenters. The van der Waals surface area contributed by atoms with Crippen molar-refractivity contribution in [3.63, 3.8) is 0 Å². The van der Waals surface area contributed by atoms with Gasteiger partial charge in [0.1, 0.15) is 0 Å². The van der Waals surface area contributed by atoms with E-state index in [1.165, 1.54) is 0 Å². The zero-order valence-corrected chi connectivity index (χ0v) is 17.9. The van der Waals surface area contributed by atoms with Gasteiger partial charge in [-0.2, -0.15) is 0 Å². The van der Waals surface area contributed by atoms with E-state index in [0.717, 1.165) is 24.1 Å². The van der Waals surface area contributed by atoms with Crippen LogP contribution in [0.1, 0.15) is 35.7 Å². The molecule has 6 heteroatoms. The lowest BCUT2D eigenvalue weighted by Gasteiger charge is -2.45. The number of para-hydroxylation sites is 2. The Bertz CT molecular complexity index is 1180. The van der Waals surface area contributed by atoms with Gasteiger partial charge in [0, 0.05) is 28.5 Å². The van der Waals surface area contributed by atoms with Gasteiger partial charge in [0.05, 0.1) is 11.3 Å². The number of anilines is 3. The lowest BCUT2D eigenvalue weighted by Crippen LogP contribution is -2.63. The fourth-order valence-corrected chi connectivity index (χ4v) is 4.64. The normalized spacial score (nSPS) is 19.4. The van der Waals surface area contributed by atoms with Crippen molar-refractivity contribution < 1.29 is 9.59 Å². The molecule has 1 N–H and O–H groups in total. The first-order valence-electron chi connectivity index (χ1n) is 10.5. The van der Waals surface area contributed by atoms with Crippen LogP contribution in [0.4, 0.5) is 17.1 Å². The molecule has 31 heavy (non-hydrogen) atoms. The lowest BCUT2D eigenvalue weighted by molar-refractivity contribution is -0.122. The minimum Gasteiger partial charge on any atom is -0.350 e. The van der Waals surface area contributed by atoms with Gasteiger partial charge in [0.15, 0.2) is 0 Å². The fourth-order valence-electron chi connectivity index (χ4n) is 4.51. The SMILES string of the molecule is CCCCN1C(=O)[C@@]2(Nc3ccccc3C(=O)N2c2ccc(Cl)cc2)c2ccccc21. The summed E-state index contributed by atoms with van der Waals surface area (Å²) in [6.45, 7) is 2.70. The Balaban J connectivity index is 1.77. The number of carbonyl (C=O) groups is 2. The zero-order valence-electron chi connectivity index (χ0n) is 17.1. The molecular weight excluding hydrogens is 410 g/mol. The number of hydrogen-bond acceptors (Lipinski definition) is 3. The number of amides is 2. The molecule has 3 aromatic rings. The molecule has 0 saturated heterocycles. The van der Waals surface area contributed by atoms with Crippen molar-refractivity contribution >= 4 is 40.5 Å².